The number of ether oxygens (including phenoxy) is 1. The number of carbonyl (C=O) groups excluding carboxylic acids is 1. The maximum Gasteiger partial charge on any atom is 0.311 e. The number of nitro groups is 1. The van der Waals surface area contributed by atoms with Crippen molar-refractivity contribution in [2.45, 2.75) is 0 Å². The highest BCUT2D eigenvalue weighted by atomic mass is 79.9. The molecule has 0 atom stereocenters. The summed E-state index contributed by atoms with van der Waals surface area (Å²) in [4.78, 5) is 21.5. The lowest BCUT2D eigenvalue weighted by molar-refractivity contribution is -0.385. The quantitative estimate of drug-likeness (QED) is 0.684. The lowest BCUT2D eigenvalue weighted by atomic mass is 10.2. The molecular weight excluding hydrogens is 328 g/mol. The van der Waals surface area contributed by atoms with Gasteiger partial charge in [0.25, 0.3) is 0 Å². The van der Waals surface area contributed by atoms with Gasteiger partial charge in [0.15, 0.2) is 0 Å². The first kappa shape index (κ1) is 14.0. The van der Waals surface area contributed by atoms with E-state index in [2.05, 4.69) is 15.9 Å². The molecule has 6 nitrogen and oxygen atoms in total. The summed E-state index contributed by atoms with van der Waals surface area (Å²) in [6, 6.07) is 10.6. The molecule has 0 spiro atoms. The van der Waals surface area contributed by atoms with Crippen LogP contribution in [0.4, 0.5) is 5.69 Å². The normalized spacial score (nSPS) is 10.1. The zero-order valence-electron chi connectivity index (χ0n) is 10.1. The Bertz CT molecular complexity index is 688. The van der Waals surface area contributed by atoms with Crippen LogP contribution in [0.3, 0.4) is 0 Å². The number of rotatable bonds is 4. The second-order valence-corrected chi connectivity index (χ2v) is 4.69. The van der Waals surface area contributed by atoms with Crippen LogP contribution in [0.15, 0.2) is 46.9 Å². The lowest BCUT2D eigenvalue weighted by Gasteiger charge is -2.08. The molecule has 2 rings (SSSR count). The Morgan fingerprint density at radius 2 is 1.90 bits per heavy atom. The topological polar surface area (TPSA) is 95.5 Å². The summed E-state index contributed by atoms with van der Waals surface area (Å²) in [5, 5.41) is 11.0. The van der Waals surface area contributed by atoms with Crippen molar-refractivity contribution >= 4 is 27.5 Å². The number of hydrogen-bond donors (Lipinski definition) is 1. The Hall–Kier alpha value is -2.41. The molecule has 102 valence electrons. The van der Waals surface area contributed by atoms with E-state index in [1.807, 2.05) is 0 Å². The van der Waals surface area contributed by atoms with E-state index in [1.165, 1.54) is 18.2 Å². The summed E-state index contributed by atoms with van der Waals surface area (Å²) in [5.74, 6) is -0.327. The van der Waals surface area contributed by atoms with E-state index in [9.17, 15) is 14.9 Å². The van der Waals surface area contributed by atoms with E-state index in [4.69, 9.17) is 10.5 Å². The molecule has 20 heavy (non-hydrogen) atoms. The van der Waals surface area contributed by atoms with Crippen LogP contribution < -0.4 is 10.5 Å². The number of hydrogen-bond acceptors (Lipinski definition) is 4. The van der Waals surface area contributed by atoms with E-state index >= 15 is 0 Å². The van der Waals surface area contributed by atoms with Gasteiger partial charge in [-0.1, -0.05) is 12.1 Å². The van der Waals surface area contributed by atoms with Crippen molar-refractivity contribution in [2.24, 2.45) is 5.73 Å². The molecular formula is C13H9BrN2O4. The third-order valence-electron chi connectivity index (χ3n) is 2.50. The number of benzene rings is 2. The molecule has 7 heteroatoms. The number of amides is 1. The van der Waals surface area contributed by atoms with Gasteiger partial charge < -0.3 is 10.5 Å². The predicted molar refractivity (Wildman–Crippen MR) is 75.8 cm³/mol. The molecule has 0 heterocycles. The fourth-order valence-electron chi connectivity index (χ4n) is 1.55. The third kappa shape index (κ3) is 2.94. The van der Waals surface area contributed by atoms with Crippen LogP contribution in [0.5, 0.6) is 11.5 Å². The number of halogens is 1. The Morgan fingerprint density at radius 3 is 2.50 bits per heavy atom. The van der Waals surface area contributed by atoms with E-state index < -0.39 is 10.8 Å². The number of primary amides is 1. The predicted octanol–water partition coefficient (Wildman–Crippen LogP) is 3.25. The van der Waals surface area contributed by atoms with Gasteiger partial charge in [0.2, 0.25) is 11.7 Å². The molecule has 0 radical (unpaired) electrons. The fraction of sp³-hybridized carbons (Fsp3) is 0. The first-order chi connectivity index (χ1) is 9.49. The van der Waals surface area contributed by atoms with Gasteiger partial charge in [-0.05, 0) is 34.1 Å². The van der Waals surface area contributed by atoms with Crippen molar-refractivity contribution in [2.75, 3.05) is 0 Å². The Kier molecular flexibility index (Phi) is 3.99. The smallest absolute Gasteiger partial charge is 0.311 e. The summed E-state index contributed by atoms with van der Waals surface area (Å²) in [6.45, 7) is 0. The molecule has 0 bridgehead atoms. The molecule has 0 aliphatic rings. The van der Waals surface area contributed by atoms with E-state index in [0.717, 1.165) is 0 Å². The van der Waals surface area contributed by atoms with Crippen molar-refractivity contribution < 1.29 is 14.5 Å². The highest BCUT2D eigenvalue weighted by molar-refractivity contribution is 9.10. The molecule has 0 fully saturated rings. The molecule has 2 N–H and O–H groups in total. The van der Waals surface area contributed by atoms with Crippen molar-refractivity contribution in [1.82, 2.24) is 0 Å². The molecule has 0 aromatic heterocycles. The van der Waals surface area contributed by atoms with Gasteiger partial charge in [-0.2, -0.15) is 0 Å². The minimum atomic E-state index is -0.683. The van der Waals surface area contributed by atoms with Crippen LogP contribution in [0.1, 0.15) is 10.4 Å². The third-order valence-corrected chi connectivity index (χ3v) is 3.15. The van der Waals surface area contributed by atoms with Gasteiger partial charge in [-0.3, -0.25) is 14.9 Å². The molecule has 0 aliphatic carbocycles. The summed E-state index contributed by atoms with van der Waals surface area (Å²) in [7, 11) is 0. The maximum absolute atomic E-state index is 11.1. The fourth-order valence-corrected chi connectivity index (χ4v) is 1.91. The highest BCUT2D eigenvalue weighted by Gasteiger charge is 2.18. The maximum atomic E-state index is 11.1. The first-order valence-corrected chi connectivity index (χ1v) is 6.29. The van der Waals surface area contributed by atoms with Crippen molar-refractivity contribution in [3.8, 4) is 11.5 Å². The van der Waals surface area contributed by atoms with Crippen LogP contribution in [0.2, 0.25) is 0 Å². The second kappa shape index (κ2) is 5.70. The first-order valence-electron chi connectivity index (χ1n) is 5.49. The average molecular weight is 337 g/mol. The van der Waals surface area contributed by atoms with Gasteiger partial charge in [0.05, 0.1) is 9.40 Å². The van der Waals surface area contributed by atoms with Crippen LogP contribution in [0, 0.1) is 10.1 Å². The van der Waals surface area contributed by atoms with Crippen LogP contribution >= 0.6 is 15.9 Å². The number of nitrogens with two attached hydrogens (primary N) is 1. The second-order valence-electron chi connectivity index (χ2n) is 3.84. The van der Waals surface area contributed by atoms with Gasteiger partial charge in [-0.25, -0.2) is 0 Å². The van der Waals surface area contributed by atoms with Gasteiger partial charge >= 0.3 is 5.69 Å². The minimum Gasteiger partial charge on any atom is -0.449 e. The van der Waals surface area contributed by atoms with Gasteiger partial charge in [0.1, 0.15) is 5.75 Å². The van der Waals surface area contributed by atoms with E-state index in [1.54, 1.807) is 24.3 Å². The zero-order chi connectivity index (χ0) is 14.7. The summed E-state index contributed by atoms with van der Waals surface area (Å²) in [6.07, 6.45) is 0. The Balaban J connectivity index is 2.48. The van der Waals surface area contributed by atoms with Crippen molar-refractivity contribution in [1.29, 1.82) is 0 Å². The van der Waals surface area contributed by atoms with Gasteiger partial charge in [-0.15, -0.1) is 0 Å². The molecule has 2 aromatic rings. The number of nitrogens with zero attached hydrogens (tertiary/aromatic N) is 1. The van der Waals surface area contributed by atoms with Crippen molar-refractivity contribution in [3.63, 3.8) is 0 Å². The summed E-state index contributed by atoms with van der Waals surface area (Å²) < 4.78 is 6.13. The largest absolute Gasteiger partial charge is 0.449 e. The number of para-hydroxylation sites is 1. The van der Waals surface area contributed by atoms with Crippen LogP contribution in [-0.2, 0) is 0 Å². The molecule has 0 unspecified atom stereocenters. The lowest BCUT2D eigenvalue weighted by Crippen LogP contribution is -2.11. The van der Waals surface area contributed by atoms with Gasteiger partial charge in [0, 0.05) is 17.7 Å². The number of carbonyl (C=O) groups is 1. The molecule has 0 saturated heterocycles. The van der Waals surface area contributed by atoms with E-state index in [-0.39, 0.29) is 17.0 Å². The monoisotopic (exact) mass is 336 g/mol. The van der Waals surface area contributed by atoms with Crippen LogP contribution in [-0.4, -0.2) is 10.8 Å². The van der Waals surface area contributed by atoms with E-state index in [0.29, 0.717) is 10.2 Å². The Labute approximate surface area is 122 Å². The summed E-state index contributed by atoms with van der Waals surface area (Å²) in [5.41, 5.74) is 5.05. The molecule has 0 aliphatic heterocycles. The Morgan fingerprint density at radius 1 is 1.20 bits per heavy atom. The average Bonchev–Trinajstić information content (AvgIpc) is 2.41. The van der Waals surface area contributed by atoms with Crippen molar-refractivity contribution in [3.05, 3.63) is 62.6 Å². The minimum absolute atomic E-state index is 0.0433. The number of nitro benzene ring substituents is 1. The molecule has 0 saturated carbocycles. The van der Waals surface area contributed by atoms with Crippen LogP contribution in [0.25, 0.3) is 0 Å². The molecule has 2 aromatic carbocycles. The standard InChI is InChI=1S/C13H9BrN2O4/c14-9-3-1-2-4-11(9)20-12-7-8(13(15)17)5-6-10(12)16(18)19/h1-7H,(H2,15,17). The highest BCUT2D eigenvalue weighted by Crippen LogP contribution is 2.35. The SMILES string of the molecule is NC(=O)c1ccc([N+](=O)[O-])c(Oc2ccccc2Br)c1. The molecule has 1 amide bonds. The zero-order valence-corrected chi connectivity index (χ0v) is 11.7. The summed E-state index contributed by atoms with van der Waals surface area (Å²) >= 11 is 3.28.